The Balaban J connectivity index is 1.92. The van der Waals surface area contributed by atoms with Crippen LogP contribution in [0.5, 0.6) is 5.75 Å². The summed E-state index contributed by atoms with van der Waals surface area (Å²) in [4.78, 5) is 28.0. The molecule has 0 unspecified atom stereocenters. The number of aryl methyl sites for hydroxylation is 1. The normalized spacial score (nSPS) is 11.5. The van der Waals surface area contributed by atoms with Crippen molar-refractivity contribution >= 4 is 11.8 Å². The summed E-state index contributed by atoms with van der Waals surface area (Å²) in [6.07, 6.45) is 0.302. The van der Waals surface area contributed by atoms with Crippen LogP contribution in [0.1, 0.15) is 29.2 Å². The van der Waals surface area contributed by atoms with Crippen molar-refractivity contribution in [1.29, 1.82) is 0 Å². The van der Waals surface area contributed by atoms with Crippen LogP contribution < -0.4 is 10.1 Å². The van der Waals surface area contributed by atoms with Gasteiger partial charge in [0.2, 0.25) is 5.91 Å². The molecular weight excluding hydrogens is 431 g/mol. The second-order valence-electron chi connectivity index (χ2n) is 8.20. The molecule has 0 bridgehead atoms. The first-order valence-corrected chi connectivity index (χ1v) is 11.4. The van der Waals surface area contributed by atoms with Crippen LogP contribution in [0.15, 0.2) is 72.8 Å². The van der Waals surface area contributed by atoms with Gasteiger partial charge in [-0.15, -0.1) is 0 Å². The average Bonchev–Trinajstić information content (AvgIpc) is 2.84. The van der Waals surface area contributed by atoms with Crippen LogP contribution in [0, 0.1) is 19.7 Å². The Bertz CT molecular complexity index is 1120. The zero-order chi connectivity index (χ0) is 24.5. The van der Waals surface area contributed by atoms with Gasteiger partial charge in [0.1, 0.15) is 17.6 Å². The van der Waals surface area contributed by atoms with Crippen molar-refractivity contribution in [2.75, 3.05) is 13.2 Å². The van der Waals surface area contributed by atoms with E-state index in [2.05, 4.69) is 5.32 Å². The number of likely N-dealkylation sites (N-methyl/N-ethyl adjacent to an activating group) is 1. The molecule has 1 N–H and O–H groups in total. The lowest BCUT2D eigenvalue weighted by Crippen LogP contribution is -2.51. The van der Waals surface area contributed by atoms with E-state index in [1.165, 1.54) is 11.0 Å². The third kappa shape index (κ3) is 6.44. The Kier molecular flexibility index (Phi) is 8.79. The van der Waals surface area contributed by atoms with Crippen LogP contribution >= 0.6 is 0 Å². The molecule has 3 rings (SSSR count). The third-order valence-electron chi connectivity index (χ3n) is 5.83. The molecule has 0 aliphatic heterocycles. The van der Waals surface area contributed by atoms with E-state index in [9.17, 15) is 14.0 Å². The Morgan fingerprint density at radius 1 is 0.971 bits per heavy atom. The van der Waals surface area contributed by atoms with Gasteiger partial charge in [0, 0.05) is 25.1 Å². The van der Waals surface area contributed by atoms with Gasteiger partial charge in [-0.05, 0) is 49.6 Å². The van der Waals surface area contributed by atoms with E-state index in [1.54, 1.807) is 18.2 Å². The summed E-state index contributed by atoms with van der Waals surface area (Å²) < 4.78 is 20.4. The first-order valence-electron chi connectivity index (χ1n) is 11.4. The molecule has 0 saturated heterocycles. The lowest BCUT2D eigenvalue weighted by Gasteiger charge is -2.31. The van der Waals surface area contributed by atoms with Gasteiger partial charge in [-0.25, -0.2) is 4.39 Å². The van der Waals surface area contributed by atoms with Crippen LogP contribution in [0.3, 0.4) is 0 Å². The average molecular weight is 463 g/mol. The maximum atomic E-state index is 14.5. The second-order valence-corrected chi connectivity index (χ2v) is 8.20. The summed E-state index contributed by atoms with van der Waals surface area (Å²) in [6, 6.07) is 20.6. The van der Waals surface area contributed by atoms with Crippen molar-refractivity contribution in [2.45, 2.75) is 39.8 Å². The fourth-order valence-electron chi connectivity index (χ4n) is 3.76. The van der Waals surface area contributed by atoms with Crippen LogP contribution in [-0.2, 0) is 22.6 Å². The highest BCUT2D eigenvalue weighted by atomic mass is 19.1. The first kappa shape index (κ1) is 25.0. The summed E-state index contributed by atoms with van der Waals surface area (Å²) in [7, 11) is 0. The number of hydrogen-bond donors (Lipinski definition) is 1. The zero-order valence-corrected chi connectivity index (χ0v) is 19.9. The lowest BCUT2D eigenvalue weighted by molar-refractivity contribution is -0.142. The smallest absolute Gasteiger partial charge is 0.261 e. The highest BCUT2D eigenvalue weighted by Gasteiger charge is 2.31. The molecule has 0 saturated carbocycles. The molecule has 0 aromatic heterocycles. The predicted octanol–water partition coefficient (Wildman–Crippen LogP) is 4.60. The number of ether oxygens (including phenoxy) is 1. The van der Waals surface area contributed by atoms with E-state index in [-0.39, 0.29) is 19.1 Å². The van der Waals surface area contributed by atoms with Gasteiger partial charge in [-0.1, -0.05) is 60.7 Å². The minimum Gasteiger partial charge on any atom is -0.483 e. The van der Waals surface area contributed by atoms with E-state index >= 15 is 0 Å². The van der Waals surface area contributed by atoms with Crippen molar-refractivity contribution in [3.8, 4) is 5.75 Å². The van der Waals surface area contributed by atoms with Crippen molar-refractivity contribution in [3.63, 3.8) is 0 Å². The van der Waals surface area contributed by atoms with Crippen molar-refractivity contribution in [3.05, 3.63) is 101 Å². The molecule has 0 aliphatic carbocycles. The van der Waals surface area contributed by atoms with Gasteiger partial charge >= 0.3 is 0 Å². The number of benzene rings is 3. The highest BCUT2D eigenvalue weighted by molar-refractivity contribution is 5.88. The van der Waals surface area contributed by atoms with Crippen LogP contribution in [0.4, 0.5) is 4.39 Å². The molecule has 3 aromatic rings. The summed E-state index contributed by atoms with van der Waals surface area (Å²) in [5, 5.41) is 2.82. The molecule has 0 fully saturated rings. The second kappa shape index (κ2) is 12.0. The van der Waals surface area contributed by atoms with E-state index in [1.807, 2.05) is 69.3 Å². The number of carbonyl (C=O) groups is 2. The van der Waals surface area contributed by atoms with E-state index in [0.717, 1.165) is 16.7 Å². The SMILES string of the molecule is CCNC(=O)[C@H](Cc1ccccc1)N(Cc1ccccc1F)C(=O)COc1cccc(C)c1C. The summed E-state index contributed by atoms with van der Waals surface area (Å²) in [6.45, 7) is 5.84. The molecule has 0 radical (unpaired) electrons. The summed E-state index contributed by atoms with van der Waals surface area (Å²) >= 11 is 0. The topological polar surface area (TPSA) is 58.6 Å². The molecule has 1 atom stereocenters. The molecule has 34 heavy (non-hydrogen) atoms. The number of carbonyl (C=O) groups excluding carboxylic acids is 2. The quantitative estimate of drug-likeness (QED) is 0.479. The van der Waals surface area contributed by atoms with Gasteiger partial charge in [0.15, 0.2) is 6.61 Å². The minimum absolute atomic E-state index is 0.0453. The Labute approximate surface area is 200 Å². The highest BCUT2D eigenvalue weighted by Crippen LogP contribution is 2.22. The molecule has 178 valence electrons. The van der Waals surface area contributed by atoms with Crippen molar-refractivity contribution < 1.29 is 18.7 Å². The molecule has 5 nitrogen and oxygen atoms in total. The fourth-order valence-corrected chi connectivity index (χ4v) is 3.76. The minimum atomic E-state index is -0.823. The zero-order valence-electron chi connectivity index (χ0n) is 19.9. The monoisotopic (exact) mass is 462 g/mol. The first-order chi connectivity index (χ1) is 16.4. The largest absolute Gasteiger partial charge is 0.483 e. The van der Waals surface area contributed by atoms with Gasteiger partial charge < -0.3 is 15.0 Å². The third-order valence-corrected chi connectivity index (χ3v) is 5.83. The predicted molar refractivity (Wildman–Crippen MR) is 131 cm³/mol. The number of nitrogens with zero attached hydrogens (tertiary/aromatic N) is 1. The molecular formula is C28H31FN2O3. The van der Waals surface area contributed by atoms with Gasteiger partial charge in [0.25, 0.3) is 5.91 Å². The summed E-state index contributed by atoms with van der Waals surface area (Å²) in [5.41, 5.74) is 3.24. The van der Waals surface area contributed by atoms with Crippen LogP contribution in [-0.4, -0.2) is 35.9 Å². The van der Waals surface area contributed by atoms with Gasteiger partial charge in [-0.2, -0.15) is 0 Å². The van der Waals surface area contributed by atoms with Crippen molar-refractivity contribution in [2.24, 2.45) is 0 Å². The number of amides is 2. The lowest BCUT2D eigenvalue weighted by atomic mass is 10.0. The van der Waals surface area contributed by atoms with Crippen molar-refractivity contribution in [1.82, 2.24) is 10.2 Å². The number of rotatable bonds is 10. The van der Waals surface area contributed by atoms with E-state index in [4.69, 9.17) is 4.74 Å². The van der Waals surface area contributed by atoms with E-state index in [0.29, 0.717) is 24.3 Å². The fraction of sp³-hybridized carbons (Fsp3) is 0.286. The number of nitrogens with one attached hydrogen (secondary N) is 1. The Morgan fingerprint density at radius 2 is 1.68 bits per heavy atom. The Hall–Kier alpha value is -3.67. The van der Waals surface area contributed by atoms with Crippen LogP contribution in [0.2, 0.25) is 0 Å². The number of hydrogen-bond acceptors (Lipinski definition) is 3. The maximum absolute atomic E-state index is 14.5. The van der Waals surface area contributed by atoms with E-state index < -0.39 is 17.8 Å². The molecule has 0 heterocycles. The van der Waals surface area contributed by atoms with Gasteiger partial charge in [-0.3, -0.25) is 9.59 Å². The number of halogens is 1. The molecule has 3 aromatic carbocycles. The molecule has 0 aliphatic rings. The maximum Gasteiger partial charge on any atom is 0.261 e. The van der Waals surface area contributed by atoms with Crippen LogP contribution in [0.25, 0.3) is 0 Å². The Morgan fingerprint density at radius 3 is 2.38 bits per heavy atom. The standard InChI is InChI=1S/C28H31FN2O3/c1-4-30-28(33)25(17-22-12-6-5-7-13-22)31(18-23-14-8-9-15-24(23)29)27(32)19-34-26-16-10-11-20(2)21(26)3/h5-16,25H,4,17-19H2,1-3H3,(H,30,33)/t25-/m0/s1. The molecule has 6 heteroatoms. The molecule has 0 spiro atoms. The van der Waals surface area contributed by atoms with Gasteiger partial charge in [0.05, 0.1) is 0 Å². The summed E-state index contributed by atoms with van der Waals surface area (Å²) in [5.74, 6) is -0.499. The molecule has 2 amide bonds.